The molecular formula is C44H37N9O5S. The number of rotatable bonds is 12. The number of benzene rings is 7. The van der Waals surface area contributed by atoms with E-state index in [-0.39, 0.29) is 16.3 Å². The van der Waals surface area contributed by atoms with Crippen molar-refractivity contribution in [3.8, 4) is 11.5 Å². The molecule has 59 heavy (non-hydrogen) atoms. The van der Waals surface area contributed by atoms with Crippen LogP contribution in [-0.2, 0) is 10.1 Å². The molecule has 0 aliphatic heterocycles. The second kappa shape index (κ2) is 17.3. The van der Waals surface area contributed by atoms with Crippen molar-refractivity contribution in [1.82, 2.24) is 0 Å². The summed E-state index contributed by atoms with van der Waals surface area (Å²) in [6.45, 7) is 7.56. The number of aryl methyl sites for hydroxylation is 4. The predicted octanol–water partition coefficient (Wildman–Crippen LogP) is 14.1. The van der Waals surface area contributed by atoms with Crippen LogP contribution in [0.15, 0.2) is 179 Å². The fourth-order valence-corrected chi connectivity index (χ4v) is 6.50. The fraction of sp³-hybridized carbons (Fsp3) is 0.0909. The highest BCUT2D eigenvalue weighted by molar-refractivity contribution is 7.86. The molecule has 3 N–H and O–H groups in total. The van der Waals surface area contributed by atoms with Crippen molar-refractivity contribution < 1.29 is 22.9 Å². The van der Waals surface area contributed by atoms with Crippen LogP contribution in [0.4, 0.5) is 51.2 Å². The lowest BCUT2D eigenvalue weighted by molar-refractivity contribution is 0.405. The lowest BCUT2D eigenvalue weighted by Gasteiger charge is -2.10. The number of azo groups is 4. The molecule has 0 bridgehead atoms. The molecule has 0 unspecified atom stereocenters. The Morgan fingerprint density at radius 3 is 1.63 bits per heavy atom. The highest BCUT2D eigenvalue weighted by atomic mass is 32.2. The van der Waals surface area contributed by atoms with Crippen LogP contribution in [0.1, 0.15) is 22.3 Å². The number of para-hydroxylation sites is 1. The summed E-state index contributed by atoms with van der Waals surface area (Å²) < 4.78 is 32.8. The summed E-state index contributed by atoms with van der Waals surface area (Å²) in [4.78, 5) is 5.30. The molecule has 294 valence electrons. The van der Waals surface area contributed by atoms with Crippen LogP contribution in [0.5, 0.6) is 11.5 Å². The molecule has 15 heteroatoms. The zero-order valence-electron chi connectivity index (χ0n) is 32.3. The van der Waals surface area contributed by atoms with Crippen LogP contribution >= 0.6 is 0 Å². The van der Waals surface area contributed by atoms with Crippen LogP contribution < -0.4 is 10.3 Å². The van der Waals surface area contributed by atoms with Crippen molar-refractivity contribution in [3.05, 3.63) is 156 Å². The van der Waals surface area contributed by atoms with E-state index >= 15 is 0 Å². The maximum Gasteiger partial charge on any atom is 0.296 e. The Kier molecular flexibility index (Phi) is 11.7. The smallest absolute Gasteiger partial charge is 0.296 e. The van der Waals surface area contributed by atoms with Gasteiger partial charge in [0.05, 0.1) is 39.8 Å². The van der Waals surface area contributed by atoms with Crippen LogP contribution in [0, 0.1) is 27.7 Å². The average molecular weight is 804 g/mol. The lowest BCUT2D eigenvalue weighted by Crippen LogP contribution is -2.04. The fourth-order valence-electron chi connectivity index (χ4n) is 5.88. The zero-order chi connectivity index (χ0) is 41.5. The molecule has 14 nitrogen and oxygen atoms in total. The van der Waals surface area contributed by atoms with Gasteiger partial charge in [0.2, 0.25) is 0 Å². The predicted molar refractivity (Wildman–Crippen MR) is 228 cm³/mol. The van der Waals surface area contributed by atoms with E-state index in [0.29, 0.717) is 50.9 Å². The molecule has 0 saturated heterocycles. The average Bonchev–Trinajstić information content (AvgIpc) is 3.22. The van der Waals surface area contributed by atoms with Gasteiger partial charge in [-0.2, -0.15) is 39.1 Å². The second-order valence-corrected chi connectivity index (χ2v) is 14.9. The molecule has 0 heterocycles. The SMILES string of the molecule is Cc1cc(N=Nc2cc(C)c(N=Nc3ccc4cc(NOc5ccccc5)ccc4c3O)cc2C)ccc1N=Nc1ccc(N=Nc2ccccc2S(=O)(=O)O)c(C)c1. The Bertz CT molecular complexity index is 2930. The van der Waals surface area contributed by atoms with Gasteiger partial charge in [0.25, 0.3) is 10.1 Å². The van der Waals surface area contributed by atoms with Crippen molar-refractivity contribution in [1.29, 1.82) is 0 Å². The Hall–Kier alpha value is -7.49. The van der Waals surface area contributed by atoms with Crippen molar-refractivity contribution >= 4 is 72.1 Å². The first-order valence-electron chi connectivity index (χ1n) is 18.2. The molecule has 0 amide bonds. The molecule has 0 aliphatic carbocycles. The third-order valence-electron chi connectivity index (χ3n) is 9.10. The summed E-state index contributed by atoms with van der Waals surface area (Å²) in [5.74, 6) is 0.710. The molecule has 0 aliphatic rings. The van der Waals surface area contributed by atoms with Gasteiger partial charge in [0.15, 0.2) is 11.5 Å². The van der Waals surface area contributed by atoms with E-state index in [4.69, 9.17) is 4.84 Å². The first-order valence-corrected chi connectivity index (χ1v) is 19.6. The van der Waals surface area contributed by atoms with E-state index in [1.54, 1.807) is 42.5 Å². The van der Waals surface area contributed by atoms with Gasteiger partial charge < -0.3 is 9.94 Å². The largest absolute Gasteiger partial charge is 0.505 e. The van der Waals surface area contributed by atoms with Crippen molar-refractivity contribution in [2.24, 2.45) is 40.9 Å². The van der Waals surface area contributed by atoms with E-state index in [2.05, 4.69) is 46.4 Å². The van der Waals surface area contributed by atoms with Gasteiger partial charge in [-0.05, 0) is 152 Å². The van der Waals surface area contributed by atoms with E-state index in [1.807, 2.05) is 100 Å². The summed E-state index contributed by atoms with van der Waals surface area (Å²) in [7, 11) is -4.44. The van der Waals surface area contributed by atoms with Crippen molar-refractivity contribution in [2.75, 3.05) is 5.48 Å². The Balaban J connectivity index is 0.989. The van der Waals surface area contributed by atoms with E-state index < -0.39 is 10.1 Å². The quantitative estimate of drug-likeness (QED) is 0.0624. The zero-order valence-corrected chi connectivity index (χ0v) is 33.1. The molecular weight excluding hydrogens is 767 g/mol. The summed E-state index contributed by atoms with van der Waals surface area (Å²) >= 11 is 0. The number of nitrogens with one attached hydrogen (secondary N) is 1. The van der Waals surface area contributed by atoms with E-state index in [1.165, 1.54) is 18.2 Å². The Labute approximate surface area is 340 Å². The maximum absolute atomic E-state index is 11.7. The summed E-state index contributed by atoms with van der Waals surface area (Å²) in [5.41, 5.74) is 11.0. The third-order valence-corrected chi connectivity index (χ3v) is 10.00. The number of phenols is 1. The normalized spacial score (nSPS) is 12.1. The standard InChI is InChI=1S/C44H37N9O5S/c1-27-22-33(16-20-37(27)47-45-32-17-21-38(28(2)23-32)48-49-39-12-8-9-13-43(39)59(55,56)57)46-51-41-24-30(4)42(25-29(41)3)52-50-40-19-14-31-26-34(15-18-36(31)44(40)54)53-58-35-10-6-5-7-11-35/h5-26,53-54H,1-4H3,(H,55,56,57). The monoisotopic (exact) mass is 803 g/mol. The highest BCUT2D eigenvalue weighted by Gasteiger charge is 2.15. The van der Waals surface area contributed by atoms with Crippen molar-refractivity contribution in [3.63, 3.8) is 0 Å². The van der Waals surface area contributed by atoms with Crippen LogP contribution in [0.3, 0.4) is 0 Å². The van der Waals surface area contributed by atoms with Crippen molar-refractivity contribution in [2.45, 2.75) is 32.6 Å². The Morgan fingerprint density at radius 2 is 1.00 bits per heavy atom. The molecule has 0 saturated carbocycles. The van der Waals surface area contributed by atoms with Crippen LogP contribution in [0.25, 0.3) is 10.8 Å². The number of hydrogen-bond donors (Lipinski definition) is 3. The van der Waals surface area contributed by atoms with Gasteiger partial charge in [-0.25, -0.2) is 5.48 Å². The minimum atomic E-state index is -4.44. The number of nitrogens with zero attached hydrogens (tertiary/aromatic N) is 8. The highest BCUT2D eigenvalue weighted by Crippen LogP contribution is 2.38. The maximum atomic E-state index is 11.7. The van der Waals surface area contributed by atoms with Gasteiger partial charge in [-0.3, -0.25) is 4.55 Å². The summed E-state index contributed by atoms with van der Waals surface area (Å²) in [6, 6.07) is 38.8. The van der Waals surface area contributed by atoms with Gasteiger partial charge >= 0.3 is 0 Å². The number of aromatic hydroxyl groups is 1. The number of anilines is 1. The lowest BCUT2D eigenvalue weighted by atomic mass is 10.1. The molecule has 0 atom stereocenters. The first-order chi connectivity index (χ1) is 28.4. The van der Waals surface area contributed by atoms with Crippen LogP contribution in [0.2, 0.25) is 0 Å². The van der Waals surface area contributed by atoms with Gasteiger partial charge in [0.1, 0.15) is 16.3 Å². The molecule has 7 rings (SSSR count). The minimum absolute atomic E-state index is 0.0263. The number of phenolic OH excluding ortho intramolecular Hbond substituents is 1. The number of fused-ring (bicyclic) bond motifs is 1. The Morgan fingerprint density at radius 1 is 0.492 bits per heavy atom. The summed E-state index contributed by atoms with van der Waals surface area (Å²) in [6.07, 6.45) is 0. The van der Waals surface area contributed by atoms with Gasteiger partial charge in [0, 0.05) is 5.39 Å². The first kappa shape index (κ1) is 39.7. The topological polar surface area (TPSA) is 195 Å². The van der Waals surface area contributed by atoms with Gasteiger partial charge in [-0.1, -0.05) is 36.4 Å². The van der Waals surface area contributed by atoms with Crippen LogP contribution in [-0.4, -0.2) is 18.1 Å². The van der Waals surface area contributed by atoms with E-state index in [9.17, 15) is 18.1 Å². The summed E-state index contributed by atoms with van der Waals surface area (Å²) in [5, 5.41) is 47.2. The second-order valence-electron chi connectivity index (χ2n) is 13.5. The number of hydrogen-bond acceptors (Lipinski definition) is 13. The van der Waals surface area contributed by atoms with Gasteiger partial charge in [-0.15, -0.1) is 10.2 Å². The molecule has 0 aromatic heterocycles. The van der Waals surface area contributed by atoms with E-state index in [0.717, 1.165) is 33.3 Å². The molecule has 7 aromatic carbocycles. The third kappa shape index (κ3) is 9.73. The molecule has 7 aromatic rings. The minimum Gasteiger partial charge on any atom is -0.505 e. The molecule has 0 fully saturated rings. The molecule has 0 spiro atoms. The molecule has 0 radical (unpaired) electrons.